The molecule has 0 aliphatic carbocycles. The average molecular weight is 511 g/mol. The summed E-state index contributed by atoms with van der Waals surface area (Å²) in [6, 6.07) is 13.3. The first-order valence-electron chi connectivity index (χ1n) is 12.3. The molecule has 2 aliphatic rings. The van der Waals surface area contributed by atoms with Gasteiger partial charge in [-0.2, -0.15) is 5.10 Å². The Morgan fingerprint density at radius 2 is 1.83 bits per heavy atom. The lowest BCUT2D eigenvalue weighted by Gasteiger charge is -2.39. The van der Waals surface area contributed by atoms with E-state index in [4.69, 9.17) is 14.6 Å². The Morgan fingerprint density at radius 3 is 2.44 bits per heavy atom. The summed E-state index contributed by atoms with van der Waals surface area (Å²) >= 11 is 0. The van der Waals surface area contributed by atoms with E-state index >= 15 is 0 Å². The molecule has 0 N–H and O–H groups in total. The molecule has 0 radical (unpaired) electrons. The summed E-state index contributed by atoms with van der Waals surface area (Å²) in [6.45, 7) is 12.4. The van der Waals surface area contributed by atoms with E-state index in [0.717, 1.165) is 29.8 Å². The first-order chi connectivity index (χ1) is 17.1. The van der Waals surface area contributed by atoms with Crippen LogP contribution in [0.2, 0.25) is 0 Å². The first kappa shape index (κ1) is 25.9. The van der Waals surface area contributed by atoms with Crippen LogP contribution < -0.4 is 9.64 Å². The molecule has 2 aliphatic heterocycles. The van der Waals surface area contributed by atoms with Crippen LogP contribution in [0.1, 0.15) is 40.2 Å². The number of anilines is 1. The number of fused-ring (bicyclic) bond motifs is 1. The summed E-state index contributed by atoms with van der Waals surface area (Å²) in [5.74, 6) is 0.458. The van der Waals surface area contributed by atoms with E-state index in [9.17, 15) is 10.1 Å². The molecule has 2 heterocycles. The Labute approximate surface area is 213 Å². The van der Waals surface area contributed by atoms with E-state index in [-0.39, 0.29) is 16.0 Å². The van der Waals surface area contributed by atoms with Crippen LogP contribution in [0, 0.1) is 10.1 Å². The Kier molecular flexibility index (Phi) is 6.99. The van der Waals surface area contributed by atoms with Crippen molar-refractivity contribution in [2.45, 2.75) is 40.0 Å². The fraction of sp³-hybridized carbons (Fsp3) is 0.423. The van der Waals surface area contributed by atoms with Gasteiger partial charge in [0.2, 0.25) is 0 Å². The lowest BCUT2D eigenvalue weighted by molar-refractivity contribution is -0.384. The molecular formula is C26H35N6O3P. The quantitative estimate of drug-likeness (QED) is 0.238. The predicted molar refractivity (Wildman–Crippen MR) is 147 cm³/mol. The molecule has 192 valence electrons. The van der Waals surface area contributed by atoms with E-state index in [1.165, 1.54) is 11.6 Å². The fourth-order valence-electron chi connectivity index (χ4n) is 5.38. The summed E-state index contributed by atoms with van der Waals surface area (Å²) in [5, 5.41) is 17.9. The highest BCUT2D eigenvalue weighted by molar-refractivity contribution is 7.67. The minimum absolute atomic E-state index is 0.0700. The highest BCUT2D eigenvalue weighted by atomic mass is 31.2. The third-order valence-corrected chi connectivity index (χ3v) is 10.7. The Bertz CT molecular complexity index is 1300. The van der Waals surface area contributed by atoms with Crippen LogP contribution in [-0.2, 0) is 5.41 Å². The van der Waals surface area contributed by atoms with Crippen molar-refractivity contribution in [3.8, 4) is 5.75 Å². The predicted octanol–water partition coefficient (Wildman–Crippen LogP) is 6.57. The second-order valence-corrected chi connectivity index (χ2v) is 12.3. The van der Waals surface area contributed by atoms with Crippen LogP contribution in [0.5, 0.6) is 5.75 Å². The summed E-state index contributed by atoms with van der Waals surface area (Å²) in [7, 11) is 1.30. The molecular weight excluding hydrogens is 475 g/mol. The number of allylic oxidation sites excluding steroid dienone is 2. The van der Waals surface area contributed by atoms with Gasteiger partial charge in [0.05, 0.1) is 29.1 Å². The summed E-state index contributed by atoms with van der Waals surface area (Å²) < 4.78 is 15.0. The number of likely N-dealkylation sites (N-methyl/N-ethyl adjacent to an activating group) is 1. The molecule has 9 nitrogen and oxygen atoms in total. The number of ether oxygens (including phenoxy) is 1. The van der Waals surface area contributed by atoms with E-state index in [1.54, 1.807) is 12.1 Å². The molecule has 0 aromatic heterocycles. The van der Waals surface area contributed by atoms with Gasteiger partial charge in [0.15, 0.2) is 7.36 Å². The van der Waals surface area contributed by atoms with Crippen molar-refractivity contribution in [3.05, 3.63) is 69.2 Å². The van der Waals surface area contributed by atoms with Crippen molar-refractivity contribution in [1.29, 1.82) is 0 Å². The zero-order valence-corrected chi connectivity index (χ0v) is 23.0. The minimum Gasteiger partial charge on any atom is -0.494 e. The zero-order valence-electron chi connectivity index (χ0n) is 22.1. The maximum absolute atomic E-state index is 12.1. The second kappa shape index (κ2) is 9.71. The normalized spacial score (nSPS) is 22.3. The molecule has 0 saturated carbocycles. The molecule has 2 aromatic rings. The molecule has 2 aromatic carbocycles. The number of benzene rings is 2. The van der Waals surface area contributed by atoms with Gasteiger partial charge in [0, 0.05) is 44.0 Å². The van der Waals surface area contributed by atoms with Gasteiger partial charge in [0.25, 0.3) is 5.69 Å². The number of hydrogen-bond donors (Lipinski definition) is 0. The summed E-state index contributed by atoms with van der Waals surface area (Å²) in [5.41, 5.74) is 3.47. The van der Waals surface area contributed by atoms with E-state index in [2.05, 4.69) is 62.5 Å². The SMILES string of the molecule is CCOc1ccc(N=[P@]2(N(CC)CC)/C(=C3\N(C)c4ccccc4C3(C)C)C=NN2C)c([N+](=O)[O-])c1. The van der Waals surface area contributed by atoms with Crippen LogP contribution in [0.3, 0.4) is 0 Å². The Balaban J connectivity index is 2.07. The van der Waals surface area contributed by atoms with E-state index < -0.39 is 7.36 Å². The van der Waals surface area contributed by atoms with Gasteiger partial charge < -0.3 is 9.64 Å². The zero-order chi connectivity index (χ0) is 26.3. The summed E-state index contributed by atoms with van der Waals surface area (Å²) in [4.78, 5) is 14.0. The minimum atomic E-state index is -2.71. The fourth-order valence-corrected chi connectivity index (χ4v) is 9.10. The molecule has 4 rings (SSSR count). The van der Waals surface area contributed by atoms with Gasteiger partial charge in [0.1, 0.15) is 11.4 Å². The topological polar surface area (TPSA) is 86.8 Å². The molecule has 10 heteroatoms. The highest BCUT2D eigenvalue weighted by Gasteiger charge is 2.48. The molecule has 0 amide bonds. The lowest BCUT2D eigenvalue weighted by Crippen LogP contribution is -2.30. The van der Waals surface area contributed by atoms with Crippen molar-refractivity contribution in [1.82, 2.24) is 9.45 Å². The van der Waals surface area contributed by atoms with Gasteiger partial charge >= 0.3 is 0 Å². The van der Waals surface area contributed by atoms with Crippen LogP contribution in [-0.4, -0.2) is 54.4 Å². The van der Waals surface area contributed by atoms with Gasteiger partial charge in [-0.15, -0.1) is 0 Å². The van der Waals surface area contributed by atoms with Crippen LogP contribution >= 0.6 is 7.36 Å². The van der Waals surface area contributed by atoms with Crippen molar-refractivity contribution in [2.75, 3.05) is 38.7 Å². The van der Waals surface area contributed by atoms with Gasteiger partial charge in [-0.05, 0) is 30.7 Å². The van der Waals surface area contributed by atoms with Crippen LogP contribution in [0.4, 0.5) is 17.1 Å². The van der Waals surface area contributed by atoms with Crippen LogP contribution in [0.15, 0.2) is 63.3 Å². The molecule has 0 bridgehead atoms. The lowest BCUT2D eigenvalue weighted by atomic mass is 9.84. The maximum atomic E-state index is 12.1. The highest BCUT2D eigenvalue weighted by Crippen LogP contribution is 2.69. The number of rotatable bonds is 7. The van der Waals surface area contributed by atoms with Gasteiger partial charge in [-0.3, -0.25) is 10.1 Å². The number of nitrogens with zero attached hydrogens (tertiary/aromatic N) is 6. The van der Waals surface area contributed by atoms with Gasteiger partial charge in [-0.1, -0.05) is 45.9 Å². The smallest absolute Gasteiger partial charge is 0.298 e. The second-order valence-electron chi connectivity index (χ2n) is 9.32. The first-order valence-corrected chi connectivity index (χ1v) is 13.9. The standard InChI is InChI=1S/C26H35N6O3P/c1-8-31(9-2)36(28-21-16-15-19(35-10-3)17-23(21)32(33)34)24(18-27-30(36)7)25-26(4,5)20-13-11-12-14-22(20)29(25)6/h11-18H,8-10H2,1-7H3/b25-24-/t36-/m1/s1. The number of para-hydroxylation sites is 1. The van der Waals surface area contributed by atoms with E-state index in [0.29, 0.717) is 18.0 Å². The average Bonchev–Trinajstić information content (AvgIpc) is 3.26. The third-order valence-electron chi connectivity index (χ3n) is 7.01. The van der Waals surface area contributed by atoms with Crippen molar-refractivity contribution in [3.63, 3.8) is 0 Å². The molecule has 0 saturated heterocycles. The Hall–Kier alpha value is -3.16. The van der Waals surface area contributed by atoms with Crippen molar-refractivity contribution < 1.29 is 9.66 Å². The summed E-state index contributed by atoms with van der Waals surface area (Å²) in [6.07, 6.45) is 1.91. The van der Waals surface area contributed by atoms with Crippen LogP contribution in [0.25, 0.3) is 0 Å². The number of nitro groups is 1. The molecule has 0 spiro atoms. The van der Waals surface area contributed by atoms with Crippen molar-refractivity contribution >= 4 is 30.6 Å². The van der Waals surface area contributed by atoms with E-state index in [1.807, 2.05) is 31.0 Å². The monoisotopic (exact) mass is 510 g/mol. The molecule has 0 fully saturated rings. The molecule has 0 unspecified atom stereocenters. The largest absolute Gasteiger partial charge is 0.494 e. The number of nitro benzene ring substituents is 1. The molecule has 36 heavy (non-hydrogen) atoms. The number of hydrogen-bond acceptors (Lipinski definition) is 6. The maximum Gasteiger partial charge on any atom is 0.298 e. The van der Waals surface area contributed by atoms with Crippen molar-refractivity contribution in [2.24, 2.45) is 9.85 Å². The third kappa shape index (κ3) is 3.91. The number of hydrazone groups is 1. The Morgan fingerprint density at radius 1 is 1.14 bits per heavy atom. The molecule has 1 atom stereocenters. The van der Waals surface area contributed by atoms with Gasteiger partial charge in [-0.25, -0.2) is 14.2 Å².